The van der Waals surface area contributed by atoms with Crippen LogP contribution in [0.3, 0.4) is 0 Å². The van der Waals surface area contributed by atoms with Gasteiger partial charge in [0.1, 0.15) is 5.82 Å². The predicted molar refractivity (Wildman–Crippen MR) is 129 cm³/mol. The zero-order valence-electron chi connectivity index (χ0n) is 17.9. The highest BCUT2D eigenvalue weighted by Gasteiger charge is 2.18. The lowest BCUT2D eigenvalue weighted by atomic mass is 9.81. The van der Waals surface area contributed by atoms with Crippen molar-refractivity contribution in [1.82, 2.24) is 25.4 Å². The fraction of sp³-hybridized carbons (Fsp3) is 0.591. The van der Waals surface area contributed by atoms with Crippen molar-refractivity contribution < 1.29 is 0 Å². The summed E-state index contributed by atoms with van der Waals surface area (Å²) >= 11 is 0. The number of nitrogens with one attached hydrogen (secondary N) is 2. The number of hydrogen-bond donors (Lipinski definition) is 2. The number of hydrogen-bond acceptors (Lipinski definition) is 3. The van der Waals surface area contributed by atoms with Crippen molar-refractivity contribution in [1.29, 1.82) is 0 Å². The SMILES string of the molecule is Cc1nnc(CNC(=NCc2ccccc2)NCCC2CCCC(C)C2)n1C.I. The Hall–Kier alpha value is -1.64. The van der Waals surface area contributed by atoms with Gasteiger partial charge in [-0.2, -0.15) is 0 Å². The molecule has 1 aromatic carbocycles. The summed E-state index contributed by atoms with van der Waals surface area (Å²) in [6.07, 6.45) is 6.72. The van der Waals surface area contributed by atoms with E-state index in [1.165, 1.54) is 37.7 Å². The average Bonchev–Trinajstić information content (AvgIpc) is 3.02. The molecule has 1 aromatic heterocycles. The molecule has 2 aromatic rings. The minimum Gasteiger partial charge on any atom is -0.356 e. The van der Waals surface area contributed by atoms with Gasteiger partial charge in [0, 0.05) is 13.6 Å². The summed E-state index contributed by atoms with van der Waals surface area (Å²) in [5.74, 6) is 4.38. The molecule has 0 amide bonds. The summed E-state index contributed by atoms with van der Waals surface area (Å²) < 4.78 is 2.01. The molecule has 1 aliphatic carbocycles. The van der Waals surface area contributed by atoms with Gasteiger partial charge in [0.2, 0.25) is 0 Å². The van der Waals surface area contributed by atoms with E-state index in [1.807, 2.05) is 24.6 Å². The molecular weight excluding hydrogens is 475 g/mol. The number of aromatic nitrogens is 3. The van der Waals surface area contributed by atoms with Gasteiger partial charge in [-0.25, -0.2) is 4.99 Å². The van der Waals surface area contributed by atoms with Gasteiger partial charge < -0.3 is 15.2 Å². The Morgan fingerprint density at radius 3 is 2.66 bits per heavy atom. The molecule has 0 saturated heterocycles. The summed E-state index contributed by atoms with van der Waals surface area (Å²) in [5, 5.41) is 15.3. The number of rotatable bonds is 7. The molecule has 2 atom stereocenters. The van der Waals surface area contributed by atoms with Crippen molar-refractivity contribution in [2.45, 2.75) is 59.0 Å². The van der Waals surface area contributed by atoms with Crippen LogP contribution in [-0.2, 0) is 20.1 Å². The maximum atomic E-state index is 4.78. The fourth-order valence-electron chi connectivity index (χ4n) is 3.91. The monoisotopic (exact) mass is 510 g/mol. The molecule has 0 spiro atoms. The summed E-state index contributed by atoms with van der Waals surface area (Å²) in [4.78, 5) is 4.78. The molecule has 1 fully saturated rings. The van der Waals surface area contributed by atoms with E-state index in [-0.39, 0.29) is 24.0 Å². The Morgan fingerprint density at radius 2 is 1.97 bits per heavy atom. The van der Waals surface area contributed by atoms with Crippen LogP contribution in [0, 0.1) is 18.8 Å². The molecule has 160 valence electrons. The van der Waals surface area contributed by atoms with Crippen LogP contribution in [0.15, 0.2) is 35.3 Å². The molecule has 3 rings (SSSR count). The van der Waals surface area contributed by atoms with Crippen LogP contribution in [0.4, 0.5) is 0 Å². The molecule has 1 aliphatic rings. The second-order valence-electron chi connectivity index (χ2n) is 8.08. The van der Waals surface area contributed by atoms with Gasteiger partial charge in [0.25, 0.3) is 0 Å². The van der Waals surface area contributed by atoms with Gasteiger partial charge in [0.05, 0.1) is 13.1 Å². The van der Waals surface area contributed by atoms with E-state index in [1.54, 1.807) is 0 Å². The van der Waals surface area contributed by atoms with Crippen LogP contribution < -0.4 is 10.6 Å². The minimum atomic E-state index is 0. The maximum Gasteiger partial charge on any atom is 0.191 e. The van der Waals surface area contributed by atoms with Crippen molar-refractivity contribution in [3.05, 3.63) is 47.5 Å². The fourth-order valence-corrected chi connectivity index (χ4v) is 3.91. The number of aryl methyl sites for hydroxylation is 1. The lowest BCUT2D eigenvalue weighted by Gasteiger charge is -2.26. The summed E-state index contributed by atoms with van der Waals surface area (Å²) in [6.45, 7) is 6.57. The smallest absolute Gasteiger partial charge is 0.191 e. The highest BCUT2D eigenvalue weighted by molar-refractivity contribution is 14.0. The second kappa shape index (κ2) is 12.1. The average molecular weight is 510 g/mol. The third-order valence-electron chi connectivity index (χ3n) is 5.75. The predicted octanol–water partition coefficient (Wildman–Crippen LogP) is 4.19. The van der Waals surface area contributed by atoms with Gasteiger partial charge >= 0.3 is 0 Å². The van der Waals surface area contributed by atoms with Crippen molar-refractivity contribution in [3.8, 4) is 0 Å². The zero-order chi connectivity index (χ0) is 19.8. The van der Waals surface area contributed by atoms with Crippen LogP contribution in [0.1, 0.15) is 56.2 Å². The van der Waals surface area contributed by atoms with Crippen molar-refractivity contribution in [2.24, 2.45) is 23.9 Å². The number of halogens is 1. The quantitative estimate of drug-likeness (QED) is 0.333. The first-order valence-corrected chi connectivity index (χ1v) is 10.5. The van der Waals surface area contributed by atoms with Crippen LogP contribution in [0.2, 0.25) is 0 Å². The van der Waals surface area contributed by atoms with Crippen LogP contribution in [-0.4, -0.2) is 27.3 Å². The molecule has 7 heteroatoms. The second-order valence-corrected chi connectivity index (χ2v) is 8.08. The Morgan fingerprint density at radius 1 is 1.17 bits per heavy atom. The molecule has 6 nitrogen and oxygen atoms in total. The first-order valence-electron chi connectivity index (χ1n) is 10.5. The van der Waals surface area contributed by atoms with E-state index < -0.39 is 0 Å². The number of aliphatic imine (C=N–C) groups is 1. The molecule has 1 heterocycles. The zero-order valence-corrected chi connectivity index (χ0v) is 20.2. The third kappa shape index (κ3) is 7.60. The Kier molecular flexibility index (Phi) is 9.90. The van der Waals surface area contributed by atoms with E-state index in [0.717, 1.165) is 36.0 Å². The first-order chi connectivity index (χ1) is 13.6. The standard InChI is InChI=1S/C22H34N6.HI/c1-17-8-7-11-19(14-17)12-13-23-22(24-15-20-9-5-4-6-10-20)25-16-21-27-26-18(2)28(21)3;/h4-6,9-10,17,19H,7-8,11-16H2,1-3H3,(H2,23,24,25);1H. The van der Waals surface area contributed by atoms with E-state index in [2.05, 4.69) is 52.0 Å². The van der Waals surface area contributed by atoms with Gasteiger partial charge in [-0.15, -0.1) is 34.2 Å². The molecule has 1 saturated carbocycles. The molecule has 29 heavy (non-hydrogen) atoms. The Labute approximate surface area is 192 Å². The summed E-state index contributed by atoms with van der Waals surface area (Å²) in [5.41, 5.74) is 1.21. The van der Waals surface area contributed by atoms with Gasteiger partial charge in [-0.1, -0.05) is 56.5 Å². The molecule has 0 radical (unpaired) electrons. The molecular formula is C22H35IN6. The lowest BCUT2D eigenvalue weighted by molar-refractivity contribution is 0.270. The topological polar surface area (TPSA) is 67.1 Å². The maximum absolute atomic E-state index is 4.78. The highest BCUT2D eigenvalue weighted by atomic mass is 127. The van der Waals surface area contributed by atoms with Crippen molar-refractivity contribution >= 4 is 29.9 Å². The highest BCUT2D eigenvalue weighted by Crippen LogP contribution is 2.30. The van der Waals surface area contributed by atoms with Crippen molar-refractivity contribution in [2.75, 3.05) is 6.54 Å². The minimum absolute atomic E-state index is 0. The third-order valence-corrected chi connectivity index (χ3v) is 5.75. The van der Waals surface area contributed by atoms with Crippen LogP contribution in [0.5, 0.6) is 0 Å². The molecule has 2 unspecified atom stereocenters. The van der Waals surface area contributed by atoms with Crippen molar-refractivity contribution in [3.63, 3.8) is 0 Å². The van der Waals surface area contributed by atoms with Crippen LogP contribution >= 0.6 is 24.0 Å². The summed E-state index contributed by atoms with van der Waals surface area (Å²) in [6, 6.07) is 10.4. The first kappa shape index (κ1) is 23.6. The van der Waals surface area contributed by atoms with E-state index >= 15 is 0 Å². The normalized spacial score (nSPS) is 19.5. The Bertz CT molecular complexity index is 758. The van der Waals surface area contributed by atoms with Gasteiger partial charge in [-0.3, -0.25) is 0 Å². The largest absolute Gasteiger partial charge is 0.356 e. The molecule has 2 N–H and O–H groups in total. The van der Waals surface area contributed by atoms with Gasteiger partial charge in [-0.05, 0) is 37.2 Å². The number of guanidine groups is 1. The Balaban J connectivity index is 0.00000300. The molecule has 0 bridgehead atoms. The van der Waals surface area contributed by atoms with E-state index in [9.17, 15) is 0 Å². The van der Waals surface area contributed by atoms with Crippen LogP contribution in [0.25, 0.3) is 0 Å². The van der Waals surface area contributed by atoms with Gasteiger partial charge in [0.15, 0.2) is 11.8 Å². The number of benzene rings is 1. The van der Waals surface area contributed by atoms with E-state index in [4.69, 9.17) is 4.99 Å². The summed E-state index contributed by atoms with van der Waals surface area (Å²) in [7, 11) is 1.99. The molecule has 0 aliphatic heterocycles. The van der Waals surface area contributed by atoms with E-state index in [0.29, 0.717) is 13.1 Å². The lowest BCUT2D eigenvalue weighted by Crippen LogP contribution is -2.38. The number of nitrogens with zero attached hydrogens (tertiary/aromatic N) is 4.